The maximum absolute atomic E-state index is 14.2. The summed E-state index contributed by atoms with van der Waals surface area (Å²) in [6, 6.07) is 23.3. The zero-order valence-electron chi connectivity index (χ0n) is 21.1. The van der Waals surface area contributed by atoms with E-state index < -0.39 is 5.54 Å². The summed E-state index contributed by atoms with van der Waals surface area (Å²) in [5, 5.41) is 1.08. The van der Waals surface area contributed by atoms with Crippen molar-refractivity contribution in [2.75, 3.05) is 19.6 Å². The number of halogens is 1. The van der Waals surface area contributed by atoms with Crippen LogP contribution in [0.4, 0.5) is 4.39 Å². The van der Waals surface area contributed by atoms with Gasteiger partial charge in [0.05, 0.1) is 12.2 Å². The molecule has 188 valence electrons. The fourth-order valence-corrected chi connectivity index (χ4v) is 6.10. The number of carbonyl (C=O) groups excluding carboxylic acids is 2. The Kier molecular flexibility index (Phi) is 5.63. The Labute approximate surface area is 215 Å². The number of hydrogen-bond acceptors (Lipinski definition) is 2. The van der Waals surface area contributed by atoms with Gasteiger partial charge in [-0.1, -0.05) is 67.6 Å². The Morgan fingerprint density at radius 2 is 1.73 bits per heavy atom. The van der Waals surface area contributed by atoms with Crippen LogP contribution in [0.3, 0.4) is 0 Å². The average molecular weight is 496 g/mol. The summed E-state index contributed by atoms with van der Waals surface area (Å²) in [5.74, 6) is -0.559. The van der Waals surface area contributed by atoms with Crippen LogP contribution < -0.4 is 0 Å². The molecule has 1 saturated heterocycles. The van der Waals surface area contributed by atoms with Gasteiger partial charge in [0.25, 0.3) is 5.91 Å². The Hall–Kier alpha value is -3.93. The van der Waals surface area contributed by atoms with Gasteiger partial charge < -0.3 is 14.8 Å². The summed E-state index contributed by atoms with van der Waals surface area (Å²) in [4.78, 5) is 34.6. The third kappa shape index (κ3) is 3.66. The van der Waals surface area contributed by atoms with Crippen LogP contribution >= 0.6 is 0 Å². The molecule has 2 amide bonds. The van der Waals surface area contributed by atoms with Crippen LogP contribution in [-0.4, -0.2) is 46.2 Å². The fourth-order valence-electron chi connectivity index (χ4n) is 6.10. The molecule has 0 spiro atoms. The van der Waals surface area contributed by atoms with Gasteiger partial charge >= 0.3 is 0 Å². The number of H-pyrrole nitrogens is 1. The first-order chi connectivity index (χ1) is 17.9. The number of hydrogen-bond donors (Lipinski definition) is 1. The van der Waals surface area contributed by atoms with Crippen LogP contribution in [0.1, 0.15) is 47.7 Å². The molecule has 1 aromatic heterocycles. The second-order valence-corrected chi connectivity index (χ2v) is 10.3. The fraction of sp³-hybridized carbons (Fsp3) is 0.290. The lowest BCUT2D eigenvalue weighted by Crippen LogP contribution is -2.67. The maximum atomic E-state index is 14.2. The molecule has 1 fully saturated rings. The lowest BCUT2D eigenvalue weighted by Gasteiger charge is -2.51. The highest BCUT2D eigenvalue weighted by Crippen LogP contribution is 2.48. The molecule has 5 nitrogen and oxygen atoms in total. The van der Waals surface area contributed by atoms with Crippen molar-refractivity contribution in [2.45, 2.75) is 38.1 Å². The molecule has 6 rings (SSSR count). The highest BCUT2D eigenvalue weighted by Gasteiger charge is 2.56. The molecule has 37 heavy (non-hydrogen) atoms. The van der Waals surface area contributed by atoms with Crippen LogP contribution in [0.25, 0.3) is 10.9 Å². The molecule has 0 bridgehead atoms. The van der Waals surface area contributed by atoms with E-state index in [1.165, 1.54) is 11.6 Å². The van der Waals surface area contributed by atoms with Gasteiger partial charge in [-0.15, -0.1) is 0 Å². The number of fused-ring (bicyclic) bond motifs is 5. The normalized spacial score (nSPS) is 21.3. The standard InChI is InChI=1S/C31H30FN3O2/c1-3-20-12-14-21(15-13-20)24-18-35-27(36)19-34(17-16-22-8-4-6-10-25(22)32)30(37)31(35,2)29-28(24)23-9-5-7-11-26(23)33-29/h4-15,24,33H,3,16-19H2,1-2H3/t24-,31+/m1/s1. The molecule has 2 aliphatic heterocycles. The van der Waals surface area contributed by atoms with E-state index in [9.17, 15) is 14.0 Å². The molecule has 3 heterocycles. The smallest absolute Gasteiger partial charge is 0.254 e. The van der Waals surface area contributed by atoms with Gasteiger partial charge in [-0.2, -0.15) is 0 Å². The van der Waals surface area contributed by atoms with Crippen molar-refractivity contribution in [3.8, 4) is 0 Å². The number of nitrogens with one attached hydrogen (secondary N) is 1. The summed E-state index contributed by atoms with van der Waals surface area (Å²) in [7, 11) is 0. The van der Waals surface area contributed by atoms with Crippen molar-refractivity contribution in [2.24, 2.45) is 0 Å². The Morgan fingerprint density at radius 3 is 2.49 bits per heavy atom. The molecular weight excluding hydrogens is 465 g/mol. The third-order valence-electron chi connectivity index (χ3n) is 8.22. The summed E-state index contributed by atoms with van der Waals surface area (Å²) < 4.78 is 14.2. The molecule has 2 atom stereocenters. The molecule has 6 heteroatoms. The SMILES string of the molecule is CCc1ccc([C@H]2CN3C(=O)CN(CCc4ccccc4F)C(=O)[C@]3(C)c3[nH]c4ccccc4c32)cc1. The van der Waals surface area contributed by atoms with Crippen molar-refractivity contribution in [1.82, 2.24) is 14.8 Å². The molecular formula is C31H30FN3O2. The second-order valence-electron chi connectivity index (χ2n) is 10.3. The molecule has 1 N–H and O–H groups in total. The number of aryl methyl sites for hydroxylation is 1. The number of carbonyl (C=O) groups is 2. The topological polar surface area (TPSA) is 56.4 Å². The second kappa shape index (κ2) is 8.87. The lowest BCUT2D eigenvalue weighted by molar-refractivity contribution is -0.166. The zero-order valence-corrected chi connectivity index (χ0v) is 21.1. The zero-order chi connectivity index (χ0) is 25.7. The summed E-state index contributed by atoms with van der Waals surface area (Å²) in [6.07, 6.45) is 1.32. The molecule has 0 unspecified atom stereocenters. The quantitative estimate of drug-likeness (QED) is 0.417. The van der Waals surface area contributed by atoms with Gasteiger partial charge in [-0.25, -0.2) is 4.39 Å². The first-order valence-corrected chi connectivity index (χ1v) is 12.9. The maximum Gasteiger partial charge on any atom is 0.254 e. The van der Waals surface area contributed by atoms with Crippen LogP contribution in [0, 0.1) is 5.82 Å². The Balaban J connectivity index is 1.43. The number of aromatic amines is 1. The summed E-state index contributed by atoms with van der Waals surface area (Å²) in [5.41, 5.74) is 4.59. The van der Waals surface area contributed by atoms with E-state index >= 15 is 0 Å². The molecule has 3 aromatic carbocycles. The van der Waals surface area contributed by atoms with Crippen LogP contribution in [-0.2, 0) is 28.0 Å². The number of benzene rings is 3. The number of piperazine rings is 1. The minimum Gasteiger partial charge on any atom is -0.356 e. The lowest BCUT2D eigenvalue weighted by atomic mass is 9.76. The van der Waals surface area contributed by atoms with Crippen molar-refractivity contribution in [1.29, 1.82) is 0 Å². The van der Waals surface area contributed by atoms with E-state index in [0.717, 1.165) is 34.1 Å². The summed E-state index contributed by atoms with van der Waals surface area (Å²) >= 11 is 0. The van der Waals surface area contributed by atoms with E-state index in [2.05, 4.69) is 42.2 Å². The van der Waals surface area contributed by atoms with E-state index in [-0.39, 0.29) is 36.6 Å². The van der Waals surface area contributed by atoms with Crippen LogP contribution in [0.2, 0.25) is 0 Å². The number of para-hydroxylation sites is 1. The monoisotopic (exact) mass is 495 g/mol. The third-order valence-corrected chi connectivity index (χ3v) is 8.22. The van der Waals surface area contributed by atoms with E-state index in [4.69, 9.17) is 0 Å². The number of amides is 2. The summed E-state index contributed by atoms with van der Waals surface area (Å²) in [6.45, 7) is 4.71. The van der Waals surface area contributed by atoms with Gasteiger partial charge in [0.15, 0.2) is 5.54 Å². The molecule has 2 aliphatic rings. The highest BCUT2D eigenvalue weighted by molar-refractivity contribution is 6.01. The van der Waals surface area contributed by atoms with Crippen LogP contribution in [0.15, 0.2) is 72.8 Å². The molecule has 0 saturated carbocycles. The number of rotatable bonds is 5. The average Bonchev–Trinajstić information content (AvgIpc) is 3.32. The molecule has 0 radical (unpaired) electrons. The largest absolute Gasteiger partial charge is 0.356 e. The van der Waals surface area contributed by atoms with Gasteiger partial charge in [-0.05, 0) is 54.2 Å². The molecule has 0 aliphatic carbocycles. The van der Waals surface area contributed by atoms with Crippen molar-refractivity contribution < 1.29 is 14.0 Å². The van der Waals surface area contributed by atoms with Crippen LogP contribution in [0.5, 0.6) is 0 Å². The number of aromatic nitrogens is 1. The highest BCUT2D eigenvalue weighted by atomic mass is 19.1. The van der Waals surface area contributed by atoms with Crippen molar-refractivity contribution >= 4 is 22.7 Å². The Morgan fingerprint density at radius 1 is 1.00 bits per heavy atom. The number of nitrogens with zero attached hydrogens (tertiary/aromatic N) is 2. The van der Waals surface area contributed by atoms with Gasteiger partial charge in [0, 0.05) is 29.9 Å². The predicted molar refractivity (Wildman–Crippen MR) is 142 cm³/mol. The minimum absolute atomic E-state index is 0.0000692. The van der Waals surface area contributed by atoms with Crippen molar-refractivity contribution in [3.05, 3.63) is 107 Å². The predicted octanol–water partition coefficient (Wildman–Crippen LogP) is 5.14. The van der Waals surface area contributed by atoms with E-state index in [1.807, 2.05) is 25.1 Å². The Bertz CT molecular complexity index is 1510. The van der Waals surface area contributed by atoms with Gasteiger partial charge in [-0.3, -0.25) is 9.59 Å². The minimum atomic E-state index is -1.15. The van der Waals surface area contributed by atoms with Crippen molar-refractivity contribution in [3.63, 3.8) is 0 Å². The first kappa shape index (κ1) is 23.5. The first-order valence-electron chi connectivity index (χ1n) is 12.9. The molecule has 4 aromatic rings. The van der Waals surface area contributed by atoms with Gasteiger partial charge in [0.1, 0.15) is 5.82 Å². The van der Waals surface area contributed by atoms with Gasteiger partial charge in [0.2, 0.25) is 5.91 Å². The van der Waals surface area contributed by atoms with E-state index in [1.54, 1.807) is 28.0 Å². The van der Waals surface area contributed by atoms with E-state index in [0.29, 0.717) is 18.5 Å².